The minimum Gasteiger partial charge on any atom is -0.379 e. The van der Waals surface area contributed by atoms with E-state index >= 15 is 0 Å². The van der Waals surface area contributed by atoms with E-state index in [2.05, 4.69) is 21.3 Å². The molecule has 50 heavy (non-hydrogen) atoms. The van der Waals surface area contributed by atoms with Crippen LogP contribution in [0.25, 0.3) is 0 Å². The molecule has 5 aromatic carbocycles. The predicted octanol–water partition coefficient (Wildman–Crippen LogP) is 7.74. The van der Waals surface area contributed by atoms with Crippen molar-refractivity contribution in [2.75, 3.05) is 21.3 Å². The number of aryl methyl sites for hydroxylation is 4. The van der Waals surface area contributed by atoms with E-state index in [0.29, 0.717) is 22.5 Å². The van der Waals surface area contributed by atoms with Gasteiger partial charge in [-0.2, -0.15) is 16.8 Å². The van der Waals surface area contributed by atoms with Crippen molar-refractivity contribution in [3.05, 3.63) is 131 Å². The van der Waals surface area contributed by atoms with Gasteiger partial charge < -0.3 is 29.6 Å². The molecule has 4 amide bonds. The summed E-state index contributed by atoms with van der Waals surface area (Å²) in [6.07, 6.45) is 0. The van der Waals surface area contributed by atoms with Crippen LogP contribution in [-0.4, -0.2) is 28.9 Å². The second kappa shape index (κ2) is 14.7. The SMILES string of the molecule is Cc1ccc(C)c(S(=O)(=O)Oc2cccc(NC(=O)Nc3cccc(NC(=O)Nc4cccc(OS(=O)(=O)c5cc(C)ccc5C)c4)c3)c2)c1. The molecule has 0 aromatic heterocycles. The Morgan fingerprint density at radius 2 is 0.800 bits per heavy atom. The molecule has 0 aliphatic heterocycles. The van der Waals surface area contributed by atoms with Crippen LogP contribution >= 0.6 is 0 Å². The number of rotatable bonds is 10. The first-order chi connectivity index (χ1) is 23.7. The zero-order valence-corrected chi connectivity index (χ0v) is 29.1. The van der Waals surface area contributed by atoms with E-state index < -0.39 is 32.3 Å². The van der Waals surface area contributed by atoms with Crippen LogP contribution in [-0.2, 0) is 20.2 Å². The highest BCUT2D eigenvalue weighted by Crippen LogP contribution is 2.27. The minimum absolute atomic E-state index is 0.0148. The largest absolute Gasteiger partial charge is 0.379 e. The van der Waals surface area contributed by atoms with Crippen LogP contribution in [0, 0.1) is 27.7 Å². The standard InChI is InChI=1S/C36H34N4O8S2/c1-23-14-16-25(3)33(18-23)49(43,44)47-31-12-6-10-29(21-31)39-35(41)37-27-8-5-9-28(20-27)38-36(42)40-30-11-7-13-32(22-30)48-50(45,46)34-19-24(2)15-17-26(34)4/h5-22H,1-4H3,(H2,37,39,41)(H2,38,40,42). The van der Waals surface area contributed by atoms with Gasteiger partial charge in [0.15, 0.2) is 0 Å². The maximum atomic E-state index is 12.9. The van der Waals surface area contributed by atoms with E-state index in [4.69, 9.17) is 8.37 Å². The van der Waals surface area contributed by atoms with Gasteiger partial charge in [-0.25, -0.2) is 9.59 Å². The molecule has 0 heterocycles. The van der Waals surface area contributed by atoms with Crippen LogP contribution in [0.15, 0.2) is 119 Å². The summed E-state index contributed by atoms with van der Waals surface area (Å²) < 4.78 is 62.3. The number of carbonyl (C=O) groups excluding carboxylic acids is 2. The first-order valence-electron chi connectivity index (χ1n) is 15.2. The number of benzene rings is 5. The van der Waals surface area contributed by atoms with Gasteiger partial charge in [-0.15, -0.1) is 0 Å². The Kier molecular flexibility index (Phi) is 10.4. The van der Waals surface area contributed by atoms with Gasteiger partial charge in [-0.05, 0) is 105 Å². The van der Waals surface area contributed by atoms with Crippen LogP contribution < -0.4 is 29.6 Å². The number of anilines is 4. The Balaban J connectivity index is 1.18. The van der Waals surface area contributed by atoms with Crippen LogP contribution in [0.1, 0.15) is 22.3 Å². The molecule has 0 aliphatic rings. The smallest absolute Gasteiger partial charge is 0.339 e. The zero-order chi connectivity index (χ0) is 36.1. The monoisotopic (exact) mass is 714 g/mol. The highest BCUT2D eigenvalue weighted by molar-refractivity contribution is 7.87. The summed E-state index contributed by atoms with van der Waals surface area (Å²) in [5, 5.41) is 10.6. The average molecular weight is 715 g/mol. The molecular formula is C36H34N4O8S2. The first-order valence-corrected chi connectivity index (χ1v) is 18.0. The Morgan fingerprint density at radius 3 is 1.18 bits per heavy atom. The molecule has 0 unspecified atom stereocenters. The summed E-state index contributed by atoms with van der Waals surface area (Å²) in [7, 11) is -8.23. The fraction of sp³-hybridized carbons (Fsp3) is 0.111. The van der Waals surface area contributed by atoms with Crippen molar-refractivity contribution in [3.63, 3.8) is 0 Å². The molecule has 5 aromatic rings. The topological polar surface area (TPSA) is 169 Å². The molecule has 0 atom stereocenters. The van der Waals surface area contributed by atoms with E-state index in [1.807, 2.05) is 0 Å². The fourth-order valence-corrected chi connectivity index (χ4v) is 7.29. The lowest BCUT2D eigenvalue weighted by molar-refractivity contribution is 0.261. The summed E-state index contributed by atoms with van der Waals surface area (Å²) >= 11 is 0. The van der Waals surface area contributed by atoms with Crippen LogP contribution in [0.5, 0.6) is 11.5 Å². The third kappa shape index (κ3) is 9.18. The lowest BCUT2D eigenvalue weighted by atomic mass is 10.2. The molecule has 14 heteroatoms. The summed E-state index contributed by atoms with van der Waals surface area (Å²) in [5.41, 5.74) is 3.86. The number of carbonyl (C=O) groups is 2. The molecule has 258 valence electrons. The molecule has 0 fully saturated rings. The summed E-state index contributed by atoms with van der Waals surface area (Å²) in [6.45, 7) is 6.92. The number of hydrogen-bond acceptors (Lipinski definition) is 8. The van der Waals surface area contributed by atoms with Crippen molar-refractivity contribution in [1.82, 2.24) is 0 Å². The second-order valence-electron chi connectivity index (χ2n) is 11.4. The second-order valence-corrected chi connectivity index (χ2v) is 14.4. The maximum absolute atomic E-state index is 12.9. The third-order valence-electron chi connectivity index (χ3n) is 7.20. The van der Waals surface area contributed by atoms with Crippen LogP contribution in [0.4, 0.5) is 32.3 Å². The molecule has 5 rings (SSSR count). The van der Waals surface area contributed by atoms with Gasteiger partial charge in [0.1, 0.15) is 21.3 Å². The van der Waals surface area contributed by atoms with Gasteiger partial charge in [0.25, 0.3) is 0 Å². The van der Waals surface area contributed by atoms with E-state index in [0.717, 1.165) is 11.1 Å². The van der Waals surface area contributed by atoms with Crippen molar-refractivity contribution in [3.8, 4) is 11.5 Å². The summed E-state index contributed by atoms with van der Waals surface area (Å²) in [4.78, 5) is 25.7. The quantitative estimate of drug-likeness (QED) is 0.107. The lowest BCUT2D eigenvalue weighted by Gasteiger charge is -2.13. The average Bonchev–Trinajstić information content (AvgIpc) is 3.03. The molecule has 12 nitrogen and oxygen atoms in total. The van der Waals surface area contributed by atoms with Crippen molar-refractivity contribution in [2.24, 2.45) is 0 Å². The number of urea groups is 2. The summed E-state index contributed by atoms with van der Waals surface area (Å²) in [5.74, 6) is 0.0297. The number of hydrogen-bond donors (Lipinski definition) is 4. The van der Waals surface area contributed by atoms with Crippen molar-refractivity contribution in [2.45, 2.75) is 37.5 Å². The van der Waals surface area contributed by atoms with E-state index in [1.165, 1.54) is 42.5 Å². The van der Waals surface area contributed by atoms with Crippen molar-refractivity contribution < 1.29 is 34.8 Å². The van der Waals surface area contributed by atoms with E-state index in [1.54, 1.807) is 94.4 Å². The predicted molar refractivity (Wildman–Crippen MR) is 192 cm³/mol. The van der Waals surface area contributed by atoms with Crippen LogP contribution in [0.2, 0.25) is 0 Å². The zero-order valence-electron chi connectivity index (χ0n) is 27.5. The molecule has 0 saturated carbocycles. The third-order valence-corrected chi connectivity index (χ3v) is 9.98. The minimum atomic E-state index is -4.12. The van der Waals surface area contributed by atoms with Gasteiger partial charge >= 0.3 is 32.3 Å². The Hall–Kier alpha value is -5.86. The number of nitrogens with one attached hydrogen (secondary N) is 4. The van der Waals surface area contributed by atoms with Crippen molar-refractivity contribution >= 4 is 55.0 Å². The van der Waals surface area contributed by atoms with Gasteiger partial charge in [0.2, 0.25) is 0 Å². The molecule has 0 saturated heterocycles. The highest BCUT2D eigenvalue weighted by atomic mass is 32.2. The van der Waals surface area contributed by atoms with Crippen molar-refractivity contribution in [1.29, 1.82) is 0 Å². The molecular weight excluding hydrogens is 681 g/mol. The Bertz CT molecular complexity index is 2150. The molecule has 0 radical (unpaired) electrons. The van der Waals surface area contributed by atoms with Gasteiger partial charge in [-0.1, -0.05) is 42.5 Å². The molecule has 0 aliphatic carbocycles. The van der Waals surface area contributed by atoms with Gasteiger partial charge in [-0.3, -0.25) is 0 Å². The molecule has 4 N–H and O–H groups in total. The first kappa shape index (κ1) is 35.4. The van der Waals surface area contributed by atoms with E-state index in [-0.39, 0.29) is 32.7 Å². The van der Waals surface area contributed by atoms with E-state index in [9.17, 15) is 26.4 Å². The Labute approximate surface area is 290 Å². The highest BCUT2D eigenvalue weighted by Gasteiger charge is 2.21. The normalized spacial score (nSPS) is 11.3. The van der Waals surface area contributed by atoms with Crippen LogP contribution in [0.3, 0.4) is 0 Å². The van der Waals surface area contributed by atoms with Gasteiger partial charge in [0, 0.05) is 34.9 Å². The maximum Gasteiger partial charge on any atom is 0.339 e. The van der Waals surface area contributed by atoms with Gasteiger partial charge in [0.05, 0.1) is 0 Å². The lowest BCUT2D eigenvalue weighted by Crippen LogP contribution is -2.21. The Morgan fingerprint density at radius 1 is 0.460 bits per heavy atom. The molecule has 0 bridgehead atoms. The fourth-order valence-electron chi connectivity index (χ4n) is 4.81. The molecule has 0 spiro atoms. The summed E-state index contributed by atoms with van der Waals surface area (Å²) in [6, 6.07) is 27.1. The number of amides is 4.